The first kappa shape index (κ1) is 10.4. The minimum absolute atomic E-state index is 0.207. The summed E-state index contributed by atoms with van der Waals surface area (Å²) in [4.78, 5) is 10.5. The summed E-state index contributed by atoms with van der Waals surface area (Å²) in [7, 11) is 0. The van der Waals surface area contributed by atoms with Gasteiger partial charge >= 0.3 is 0 Å². The fraction of sp³-hybridized carbons (Fsp3) is 0.182. The molecule has 1 aromatic carbocycles. The van der Waals surface area contributed by atoms with Gasteiger partial charge in [0.2, 0.25) is 5.91 Å². The van der Waals surface area contributed by atoms with E-state index in [4.69, 9.17) is 5.73 Å². The standard InChI is InChI=1S/C11H12FNO/c1-7-5-9(3-4-10(13)14)6-8(2)11(7)12/h3-6H,1-2H3,(H2,13,14). The second-order valence-electron chi connectivity index (χ2n) is 3.20. The highest BCUT2D eigenvalue weighted by Gasteiger charge is 2.02. The number of nitrogens with two attached hydrogens (primary N) is 1. The number of halogens is 1. The molecule has 0 radical (unpaired) electrons. The molecule has 0 saturated carbocycles. The molecule has 0 bridgehead atoms. The third kappa shape index (κ3) is 2.42. The van der Waals surface area contributed by atoms with Gasteiger partial charge in [-0.25, -0.2) is 4.39 Å². The summed E-state index contributed by atoms with van der Waals surface area (Å²) in [6, 6.07) is 3.34. The lowest BCUT2D eigenvalue weighted by molar-refractivity contribution is -0.113. The molecule has 0 unspecified atom stereocenters. The molecule has 0 aromatic heterocycles. The maximum atomic E-state index is 13.2. The Labute approximate surface area is 82.2 Å². The molecule has 74 valence electrons. The Balaban J connectivity index is 3.07. The van der Waals surface area contributed by atoms with Crippen LogP contribution in [0, 0.1) is 19.7 Å². The first-order valence-corrected chi connectivity index (χ1v) is 4.25. The highest BCUT2D eigenvalue weighted by atomic mass is 19.1. The molecule has 1 amide bonds. The molecule has 0 aliphatic carbocycles. The number of benzene rings is 1. The van der Waals surface area contributed by atoms with Crippen LogP contribution < -0.4 is 5.73 Å². The minimum Gasteiger partial charge on any atom is -0.366 e. The largest absolute Gasteiger partial charge is 0.366 e. The number of amides is 1. The van der Waals surface area contributed by atoms with Crippen LogP contribution in [-0.4, -0.2) is 5.91 Å². The molecule has 0 spiro atoms. The molecule has 0 saturated heterocycles. The van der Waals surface area contributed by atoms with Crippen molar-refractivity contribution in [2.75, 3.05) is 0 Å². The smallest absolute Gasteiger partial charge is 0.241 e. The number of primary amides is 1. The van der Waals surface area contributed by atoms with Crippen molar-refractivity contribution in [3.8, 4) is 0 Å². The van der Waals surface area contributed by atoms with Crippen molar-refractivity contribution >= 4 is 12.0 Å². The van der Waals surface area contributed by atoms with Gasteiger partial charge in [0.05, 0.1) is 0 Å². The van der Waals surface area contributed by atoms with Gasteiger partial charge in [-0.15, -0.1) is 0 Å². The van der Waals surface area contributed by atoms with Gasteiger partial charge < -0.3 is 5.73 Å². The molecule has 1 rings (SSSR count). The molecule has 2 nitrogen and oxygen atoms in total. The predicted molar refractivity (Wildman–Crippen MR) is 54.1 cm³/mol. The van der Waals surface area contributed by atoms with Crippen LogP contribution in [0.4, 0.5) is 4.39 Å². The van der Waals surface area contributed by atoms with E-state index in [0.717, 1.165) is 5.56 Å². The van der Waals surface area contributed by atoms with Crippen molar-refractivity contribution in [2.45, 2.75) is 13.8 Å². The molecular formula is C11H12FNO. The van der Waals surface area contributed by atoms with Crippen LogP contribution >= 0.6 is 0 Å². The molecule has 0 aliphatic heterocycles. The van der Waals surface area contributed by atoms with E-state index in [-0.39, 0.29) is 5.82 Å². The summed E-state index contributed by atoms with van der Waals surface area (Å²) < 4.78 is 13.2. The zero-order valence-electron chi connectivity index (χ0n) is 8.17. The zero-order valence-corrected chi connectivity index (χ0v) is 8.17. The van der Waals surface area contributed by atoms with Crippen molar-refractivity contribution < 1.29 is 9.18 Å². The van der Waals surface area contributed by atoms with Crippen LogP contribution in [0.3, 0.4) is 0 Å². The Morgan fingerprint density at radius 2 is 1.86 bits per heavy atom. The number of hydrogen-bond acceptors (Lipinski definition) is 1. The van der Waals surface area contributed by atoms with E-state index in [1.807, 2.05) is 0 Å². The van der Waals surface area contributed by atoms with Crippen molar-refractivity contribution in [3.63, 3.8) is 0 Å². The van der Waals surface area contributed by atoms with Gasteiger partial charge in [0.25, 0.3) is 0 Å². The van der Waals surface area contributed by atoms with E-state index in [9.17, 15) is 9.18 Å². The summed E-state index contributed by atoms with van der Waals surface area (Å²) in [5.74, 6) is -0.717. The van der Waals surface area contributed by atoms with Crippen LogP contribution in [0.2, 0.25) is 0 Å². The zero-order chi connectivity index (χ0) is 10.7. The lowest BCUT2D eigenvalue weighted by atomic mass is 10.1. The fourth-order valence-electron chi connectivity index (χ4n) is 1.25. The summed E-state index contributed by atoms with van der Waals surface area (Å²) in [5.41, 5.74) is 6.85. The maximum absolute atomic E-state index is 13.2. The molecule has 2 N–H and O–H groups in total. The summed E-state index contributed by atoms with van der Waals surface area (Å²) in [6.45, 7) is 3.37. The SMILES string of the molecule is Cc1cc(C=CC(N)=O)cc(C)c1F. The first-order valence-electron chi connectivity index (χ1n) is 4.25. The Hall–Kier alpha value is -1.64. The van der Waals surface area contributed by atoms with Crippen LogP contribution in [0.25, 0.3) is 6.08 Å². The normalized spacial score (nSPS) is 10.8. The predicted octanol–water partition coefficient (Wildman–Crippen LogP) is 1.94. The first-order chi connectivity index (χ1) is 6.50. The molecule has 0 atom stereocenters. The summed E-state index contributed by atoms with van der Waals surface area (Å²) in [5, 5.41) is 0. The van der Waals surface area contributed by atoms with Crippen molar-refractivity contribution in [3.05, 3.63) is 40.7 Å². The molecular weight excluding hydrogens is 181 g/mol. The monoisotopic (exact) mass is 193 g/mol. The number of aryl methyl sites for hydroxylation is 2. The van der Waals surface area contributed by atoms with Crippen LogP contribution in [-0.2, 0) is 4.79 Å². The van der Waals surface area contributed by atoms with Crippen LogP contribution in [0.15, 0.2) is 18.2 Å². The van der Waals surface area contributed by atoms with Gasteiger partial charge in [-0.2, -0.15) is 0 Å². The topological polar surface area (TPSA) is 43.1 Å². The molecule has 0 aliphatic rings. The van der Waals surface area contributed by atoms with E-state index in [1.54, 1.807) is 32.1 Å². The lowest BCUT2D eigenvalue weighted by Crippen LogP contribution is -2.05. The van der Waals surface area contributed by atoms with Gasteiger partial charge in [-0.05, 0) is 48.7 Å². The highest BCUT2D eigenvalue weighted by molar-refractivity contribution is 5.90. The Bertz CT molecular complexity index is 373. The van der Waals surface area contributed by atoms with Crippen LogP contribution in [0.5, 0.6) is 0 Å². The lowest BCUT2D eigenvalue weighted by Gasteiger charge is -2.02. The Morgan fingerprint density at radius 1 is 1.36 bits per heavy atom. The average molecular weight is 193 g/mol. The van der Waals surface area contributed by atoms with Gasteiger partial charge in [0, 0.05) is 6.08 Å². The number of rotatable bonds is 2. The summed E-state index contributed by atoms with van der Waals surface area (Å²) >= 11 is 0. The van der Waals surface area contributed by atoms with Gasteiger partial charge in [0.1, 0.15) is 5.82 Å². The summed E-state index contributed by atoms with van der Waals surface area (Å²) in [6.07, 6.45) is 2.83. The molecule has 0 fully saturated rings. The second kappa shape index (κ2) is 4.05. The van der Waals surface area contributed by atoms with E-state index < -0.39 is 5.91 Å². The quantitative estimate of drug-likeness (QED) is 0.716. The van der Waals surface area contributed by atoms with Gasteiger partial charge in [-0.3, -0.25) is 4.79 Å². The van der Waals surface area contributed by atoms with Crippen molar-refractivity contribution in [1.82, 2.24) is 0 Å². The molecule has 3 heteroatoms. The molecule has 1 aromatic rings. The maximum Gasteiger partial charge on any atom is 0.241 e. The third-order valence-electron chi connectivity index (χ3n) is 1.90. The minimum atomic E-state index is -0.510. The second-order valence-corrected chi connectivity index (χ2v) is 3.20. The fourth-order valence-corrected chi connectivity index (χ4v) is 1.25. The molecule has 14 heavy (non-hydrogen) atoms. The number of carbonyl (C=O) groups excluding carboxylic acids is 1. The van der Waals surface area contributed by atoms with E-state index in [2.05, 4.69) is 0 Å². The number of hydrogen-bond donors (Lipinski definition) is 1. The van der Waals surface area contributed by atoms with E-state index in [0.29, 0.717) is 11.1 Å². The van der Waals surface area contributed by atoms with Crippen molar-refractivity contribution in [2.24, 2.45) is 5.73 Å². The average Bonchev–Trinajstić information content (AvgIpc) is 2.10. The molecule has 0 heterocycles. The van der Waals surface area contributed by atoms with E-state index in [1.165, 1.54) is 6.08 Å². The van der Waals surface area contributed by atoms with Crippen molar-refractivity contribution in [1.29, 1.82) is 0 Å². The Kier molecular flexibility index (Phi) is 3.02. The highest BCUT2D eigenvalue weighted by Crippen LogP contribution is 2.15. The third-order valence-corrected chi connectivity index (χ3v) is 1.90. The number of carbonyl (C=O) groups is 1. The van der Waals surface area contributed by atoms with Crippen LogP contribution in [0.1, 0.15) is 16.7 Å². The van der Waals surface area contributed by atoms with Gasteiger partial charge in [-0.1, -0.05) is 0 Å². The Morgan fingerprint density at radius 3 is 2.29 bits per heavy atom. The van der Waals surface area contributed by atoms with Gasteiger partial charge in [0.15, 0.2) is 0 Å². The van der Waals surface area contributed by atoms with E-state index >= 15 is 0 Å².